The summed E-state index contributed by atoms with van der Waals surface area (Å²) in [6.07, 6.45) is 0. The molecule has 0 saturated carbocycles. The van der Waals surface area contributed by atoms with Crippen LogP contribution in [0.4, 0.5) is 0 Å². The molecule has 2 N–H and O–H groups in total. The molecule has 2 aromatic rings. The Balaban J connectivity index is 2.40. The second-order valence-corrected chi connectivity index (χ2v) is 4.79. The molecular weight excluding hydrogens is 252 g/mol. The Kier molecular flexibility index (Phi) is 5.16. The maximum atomic E-state index is 9.54. The summed E-state index contributed by atoms with van der Waals surface area (Å²) in [6.45, 7) is -0.107. The molecule has 0 amide bonds. The molecule has 0 spiro atoms. The van der Waals surface area contributed by atoms with Gasteiger partial charge < -0.3 is 14.9 Å². The van der Waals surface area contributed by atoms with Gasteiger partial charge in [0.2, 0.25) is 0 Å². The van der Waals surface area contributed by atoms with E-state index in [1.165, 1.54) is 0 Å². The van der Waals surface area contributed by atoms with E-state index in [0.29, 0.717) is 0 Å². The third-order valence-electron chi connectivity index (χ3n) is 3.57. The second-order valence-electron chi connectivity index (χ2n) is 4.79. The van der Waals surface area contributed by atoms with Crippen molar-refractivity contribution in [2.24, 2.45) is 5.92 Å². The number of aliphatic hydroxyl groups excluding tert-OH is 2. The lowest BCUT2D eigenvalue weighted by Gasteiger charge is -2.25. The van der Waals surface area contributed by atoms with E-state index < -0.39 is 0 Å². The molecule has 0 bridgehead atoms. The fourth-order valence-corrected chi connectivity index (χ4v) is 2.48. The maximum Gasteiger partial charge on any atom is 0.118 e. The van der Waals surface area contributed by atoms with Crippen molar-refractivity contribution in [1.82, 2.24) is 0 Å². The molecule has 0 aliphatic heterocycles. The fraction of sp³-hybridized carbons (Fsp3) is 0.294. The van der Waals surface area contributed by atoms with Crippen LogP contribution in [0.3, 0.4) is 0 Å². The SMILES string of the molecule is COc1ccc(C(c2ccccc2)C(CO)CO)cc1. The minimum atomic E-state index is -0.217. The van der Waals surface area contributed by atoms with E-state index in [4.69, 9.17) is 4.74 Å². The number of methoxy groups -OCH3 is 1. The molecule has 0 aliphatic rings. The monoisotopic (exact) mass is 272 g/mol. The molecule has 1 unspecified atom stereocenters. The quantitative estimate of drug-likeness (QED) is 0.849. The average molecular weight is 272 g/mol. The lowest BCUT2D eigenvalue weighted by atomic mass is 9.81. The van der Waals surface area contributed by atoms with Gasteiger partial charge in [0.1, 0.15) is 5.75 Å². The van der Waals surface area contributed by atoms with Gasteiger partial charge in [0, 0.05) is 25.0 Å². The topological polar surface area (TPSA) is 49.7 Å². The largest absolute Gasteiger partial charge is 0.497 e. The van der Waals surface area contributed by atoms with Crippen LogP contribution >= 0.6 is 0 Å². The van der Waals surface area contributed by atoms with Crippen molar-refractivity contribution in [3.05, 3.63) is 65.7 Å². The van der Waals surface area contributed by atoms with Gasteiger partial charge in [0.25, 0.3) is 0 Å². The van der Waals surface area contributed by atoms with Crippen LogP contribution in [-0.4, -0.2) is 30.5 Å². The number of rotatable bonds is 6. The van der Waals surface area contributed by atoms with Crippen molar-refractivity contribution in [3.8, 4) is 5.75 Å². The van der Waals surface area contributed by atoms with Gasteiger partial charge in [-0.05, 0) is 23.3 Å². The van der Waals surface area contributed by atoms with Crippen LogP contribution in [0.1, 0.15) is 17.0 Å². The lowest BCUT2D eigenvalue weighted by Crippen LogP contribution is -2.21. The normalized spacial score (nSPS) is 12.4. The summed E-state index contributed by atoms with van der Waals surface area (Å²) in [5.41, 5.74) is 2.15. The Morgan fingerprint density at radius 3 is 1.90 bits per heavy atom. The molecule has 0 aliphatic carbocycles. The highest BCUT2D eigenvalue weighted by atomic mass is 16.5. The van der Waals surface area contributed by atoms with E-state index in [1.807, 2.05) is 54.6 Å². The first-order valence-electron chi connectivity index (χ1n) is 6.70. The van der Waals surface area contributed by atoms with Crippen LogP contribution < -0.4 is 4.74 Å². The Morgan fingerprint density at radius 2 is 1.40 bits per heavy atom. The highest BCUT2D eigenvalue weighted by Gasteiger charge is 2.23. The predicted molar refractivity (Wildman–Crippen MR) is 78.9 cm³/mol. The number of hydrogen-bond acceptors (Lipinski definition) is 3. The molecule has 1 atom stereocenters. The molecule has 0 radical (unpaired) electrons. The third kappa shape index (κ3) is 3.18. The first-order chi connectivity index (χ1) is 9.80. The van der Waals surface area contributed by atoms with Gasteiger partial charge in [0.15, 0.2) is 0 Å². The summed E-state index contributed by atoms with van der Waals surface area (Å²) < 4.78 is 5.17. The third-order valence-corrected chi connectivity index (χ3v) is 3.57. The minimum absolute atomic E-state index is 0.0305. The molecule has 2 rings (SSSR count). The van der Waals surface area contributed by atoms with Gasteiger partial charge in [-0.2, -0.15) is 0 Å². The summed E-state index contributed by atoms with van der Waals surface area (Å²) >= 11 is 0. The molecule has 20 heavy (non-hydrogen) atoms. The van der Waals surface area contributed by atoms with Crippen molar-refractivity contribution in [3.63, 3.8) is 0 Å². The molecule has 0 aromatic heterocycles. The standard InChI is InChI=1S/C17H20O3/c1-20-16-9-7-14(8-10-16)17(15(11-18)12-19)13-5-3-2-4-6-13/h2-10,15,17-19H,11-12H2,1H3. The van der Waals surface area contributed by atoms with E-state index in [9.17, 15) is 10.2 Å². The van der Waals surface area contributed by atoms with E-state index in [-0.39, 0.29) is 25.0 Å². The second kappa shape index (κ2) is 7.08. The van der Waals surface area contributed by atoms with Crippen molar-refractivity contribution in [2.45, 2.75) is 5.92 Å². The number of benzene rings is 2. The van der Waals surface area contributed by atoms with E-state index in [1.54, 1.807) is 7.11 Å². The van der Waals surface area contributed by atoms with Crippen LogP contribution in [0.15, 0.2) is 54.6 Å². The summed E-state index contributed by atoms with van der Waals surface area (Å²) in [7, 11) is 1.63. The zero-order chi connectivity index (χ0) is 14.4. The summed E-state index contributed by atoms with van der Waals surface area (Å²) in [5.74, 6) is 0.549. The molecule has 2 aromatic carbocycles. The molecule has 0 heterocycles. The van der Waals surface area contributed by atoms with Crippen molar-refractivity contribution < 1.29 is 14.9 Å². The van der Waals surface area contributed by atoms with E-state index in [2.05, 4.69) is 0 Å². The van der Waals surface area contributed by atoms with Crippen LogP contribution in [0, 0.1) is 5.92 Å². The Bertz CT molecular complexity index is 504. The predicted octanol–water partition coefficient (Wildman–Crippen LogP) is 2.43. The van der Waals surface area contributed by atoms with Crippen LogP contribution in [0.2, 0.25) is 0 Å². The minimum Gasteiger partial charge on any atom is -0.497 e. The first-order valence-corrected chi connectivity index (χ1v) is 6.70. The van der Waals surface area contributed by atoms with Gasteiger partial charge in [-0.15, -0.1) is 0 Å². The zero-order valence-electron chi connectivity index (χ0n) is 11.6. The van der Waals surface area contributed by atoms with Crippen molar-refractivity contribution in [2.75, 3.05) is 20.3 Å². The smallest absolute Gasteiger partial charge is 0.118 e. The van der Waals surface area contributed by atoms with Crippen molar-refractivity contribution >= 4 is 0 Å². The van der Waals surface area contributed by atoms with Crippen molar-refractivity contribution in [1.29, 1.82) is 0 Å². The van der Waals surface area contributed by atoms with Crippen LogP contribution in [-0.2, 0) is 0 Å². The Morgan fingerprint density at radius 1 is 0.850 bits per heavy atom. The van der Waals surface area contributed by atoms with E-state index in [0.717, 1.165) is 16.9 Å². The lowest BCUT2D eigenvalue weighted by molar-refractivity contribution is 0.139. The molecular formula is C17H20O3. The number of ether oxygens (including phenoxy) is 1. The average Bonchev–Trinajstić information content (AvgIpc) is 2.53. The summed E-state index contributed by atoms with van der Waals surface area (Å²) in [6, 6.07) is 17.7. The Labute approximate surface area is 119 Å². The van der Waals surface area contributed by atoms with Crippen LogP contribution in [0.5, 0.6) is 5.75 Å². The molecule has 0 fully saturated rings. The highest BCUT2D eigenvalue weighted by molar-refractivity contribution is 5.36. The molecule has 0 saturated heterocycles. The molecule has 3 heteroatoms. The fourth-order valence-electron chi connectivity index (χ4n) is 2.48. The zero-order valence-corrected chi connectivity index (χ0v) is 11.6. The number of hydrogen-bond donors (Lipinski definition) is 2. The van der Waals surface area contributed by atoms with E-state index >= 15 is 0 Å². The highest BCUT2D eigenvalue weighted by Crippen LogP contribution is 2.32. The van der Waals surface area contributed by atoms with Gasteiger partial charge in [-0.25, -0.2) is 0 Å². The van der Waals surface area contributed by atoms with Gasteiger partial charge in [0.05, 0.1) is 7.11 Å². The maximum absolute atomic E-state index is 9.54. The summed E-state index contributed by atoms with van der Waals surface area (Å²) in [5, 5.41) is 19.1. The van der Waals surface area contributed by atoms with Gasteiger partial charge in [-0.3, -0.25) is 0 Å². The first kappa shape index (κ1) is 14.6. The summed E-state index contributed by atoms with van der Waals surface area (Å²) in [4.78, 5) is 0. The van der Waals surface area contributed by atoms with Gasteiger partial charge in [-0.1, -0.05) is 42.5 Å². The molecule has 106 valence electrons. The van der Waals surface area contributed by atoms with Crippen LogP contribution in [0.25, 0.3) is 0 Å². The number of aliphatic hydroxyl groups is 2. The Hall–Kier alpha value is -1.84. The molecule has 3 nitrogen and oxygen atoms in total. The van der Waals surface area contributed by atoms with Gasteiger partial charge >= 0.3 is 0 Å².